The molecule has 0 saturated carbocycles. The van der Waals surface area contributed by atoms with Crippen molar-refractivity contribution < 1.29 is 0 Å². The topological polar surface area (TPSA) is 18.8 Å². The Hall–Kier alpha value is -1.97. The number of unbranched alkanes of at least 4 members (excludes halogenated alkanes) is 1. The van der Waals surface area contributed by atoms with Gasteiger partial charge in [-0.2, -0.15) is 0 Å². The Bertz CT molecular complexity index is 865. The lowest BCUT2D eigenvalue weighted by Crippen LogP contribution is -2.47. The van der Waals surface area contributed by atoms with E-state index in [1.165, 1.54) is 0 Å². The molecule has 2 atom stereocenters. The molecule has 1 aliphatic heterocycles. The van der Waals surface area contributed by atoms with Gasteiger partial charge in [0.1, 0.15) is 0 Å². The van der Waals surface area contributed by atoms with Gasteiger partial charge in [0.05, 0.1) is 27.5 Å². The van der Waals surface area contributed by atoms with Crippen LogP contribution < -0.4 is 4.90 Å². The van der Waals surface area contributed by atoms with Gasteiger partial charge in [-0.25, -0.2) is 4.99 Å². The molecule has 0 radical (unpaired) electrons. The summed E-state index contributed by atoms with van der Waals surface area (Å²) in [6.45, 7) is 10.5. The second-order valence-electron chi connectivity index (χ2n) is 7.63. The SMILES string of the molecule is C=C[C@@H]1C[C@@H](C)CN(CCCC)C(=Nc2ccccc2Cl)N1c1ccccc1Cl. The fourth-order valence-electron chi connectivity index (χ4n) is 3.80. The smallest absolute Gasteiger partial charge is 0.207 e. The summed E-state index contributed by atoms with van der Waals surface area (Å²) in [5.41, 5.74) is 1.71. The number of aliphatic imine (C=N–C) groups is 1. The van der Waals surface area contributed by atoms with E-state index in [2.05, 4.69) is 36.3 Å². The van der Waals surface area contributed by atoms with Crippen molar-refractivity contribution in [2.45, 2.75) is 39.2 Å². The van der Waals surface area contributed by atoms with Crippen molar-refractivity contribution in [3.63, 3.8) is 0 Å². The van der Waals surface area contributed by atoms with E-state index in [1.807, 2.05) is 48.5 Å². The fraction of sp³-hybridized carbons (Fsp3) is 0.375. The number of benzene rings is 2. The molecule has 3 rings (SSSR count). The van der Waals surface area contributed by atoms with E-state index in [0.717, 1.165) is 49.7 Å². The molecule has 1 aliphatic rings. The fourth-order valence-corrected chi connectivity index (χ4v) is 4.21. The van der Waals surface area contributed by atoms with Gasteiger partial charge in [-0.3, -0.25) is 0 Å². The van der Waals surface area contributed by atoms with Crippen LogP contribution in [0.4, 0.5) is 11.4 Å². The molecule has 0 aliphatic carbocycles. The molecule has 3 nitrogen and oxygen atoms in total. The summed E-state index contributed by atoms with van der Waals surface area (Å²) < 4.78 is 0. The Morgan fingerprint density at radius 1 is 1.10 bits per heavy atom. The van der Waals surface area contributed by atoms with Crippen LogP contribution in [-0.4, -0.2) is 30.0 Å². The molecular weight excluding hydrogens is 401 g/mol. The molecule has 0 amide bonds. The van der Waals surface area contributed by atoms with Crippen molar-refractivity contribution in [2.24, 2.45) is 10.9 Å². The summed E-state index contributed by atoms with van der Waals surface area (Å²) in [6.07, 6.45) is 5.22. The van der Waals surface area contributed by atoms with Crippen molar-refractivity contribution >= 4 is 40.5 Å². The van der Waals surface area contributed by atoms with Gasteiger partial charge in [0.25, 0.3) is 0 Å². The third-order valence-corrected chi connectivity index (χ3v) is 5.88. The summed E-state index contributed by atoms with van der Waals surface area (Å²) in [6, 6.07) is 15.8. The van der Waals surface area contributed by atoms with Crippen LogP contribution in [0, 0.1) is 5.92 Å². The average Bonchev–Trinajstić information content (AvgIpc) is 2.84. The average molecular weight is 430 g/mol. The lowest BCUT2D eigenvalue weighted by molar-refractivity contribution is 0.347. The summed E-state index contributed by atoms with van der Waals surface area (Å²) in [4.78, 5) is 9.69. The third kappa shape index (κ3) is 5.15. The molecule has 2 aromatic carbocycles. The van der Waals surface area contributed by atoms with Gasteiger partial charge >= 0.3 is 0 Å². The second kappa shape index (κ2) is 10.2. The first-order chi connectivity index (χ1) is 14.0. The van der Waals surface area contributed by atoms with Gasteiger partial charge in [0.15, 0.2) is 0 Å². The quantitative estimate of drug-likeness (QED) is 0.452. The number of rotatable bonds is 6. The first kappa shape index (κ1) is 21.7. The Labute approximate surface area is 184 Å². The minimum Gasteiger partial charge on any atom is -0.342 e. The van der Waals surface area contributed by atoms with Crippen LogP contribution in [0.1, 0.15) is 33.1 Å². The molecule has 0 aromatic heterocycles. The molecule has 5 heteroatoms. The predicted octanol–water partition coefficient (Wildman–Crippen LogP) is 7.18. The highest BCUT2D eigenvalue weighted by Crippen LogP contribution is 2.34. The van der Waals surface area contributed by atoms with Gasteiger partial charge in [0.2, 0.25) is 5.96 Å². The largest absolute Gasteiger partial charge is 0.342 e. The highest BCUT2D eigenvalue weighted by molar-refractivity contribution is 6.34. The molecule has 0 bridgehead atoms. The van der Waals surface area contributed by atoms with Gasteiger partial charge in [-0.05, 0) is 43.0 Å². The molecule has 29 heavy (non-hydrogen) atoms. The Morgan fingerprint density at radius 3 is 2.45 bits per heavy atom. The zero-order valence-electron chi connectivity index (χ0n) is 17.2. The van der Waals surface area contributed by atoms with Crippen molar-refractivity contribution in [3.05, 3.63) is 71.2 Å². The van der Waals surface area contributed by atoms with Gasteiger partial charge in [0, 0.05) is 13.1 Å². The predicted molar refractivity (Wildman–Crippen MR) is 127 cm³/mol. The van der Waals surface area contributed by atoms with Crippen LogP contribution >= 0.6 is 23.2 Å². The lowest BCUT2D eigenvalue weighted by atomic mass is 10.0. The summed E-state index contributed by atoms with van der Waals surface area (Å²) in [5.74, 6) is 1.38. The van der Waals surface area contributed by atoms with Crippen LogP contribution in [0.25, 0.3) is 0 Å². The van der Waals surface area contributed by atoms with Crippen molar-refractivity contribution in [3.8, 4) is 0 Å². The van der Waals surface area contributed by atoms with Gasteiger partial charge in [-0.15, -0.1) is 6.58 Å². The second-order valence-corrected chi connectivity index (χ2v) is 8.44. The molecule has 0 spiro atoms. The molecule has 1 saturated heterocycles. The monoisotopic (exact) mass is 429 g/mol. The van der Waals surface area contributed by atoms with Crippen molar-refractivity contribution in [1.29, 1.82) is 0 Å². The molecule has 0 N–H and O–H groups in total. The normalized spacial score (nSPS) is 21.3. The Balaban J connectivity index is 2.20. The Kier molecular flexibility index (Phi) is 7.63. The van der Waals surface area contributed by atoms with Crippen LogP contribution in [0.2, 0.25) is 10.0 Å². The van der Waals surface area contributed by atoms with Crippen LogP contribution in [0.5, 0.6) is 0 Å². The maximum absolute atomic E-state index is 6.65. The maximum Gasteiger partial charge on any atom is 0.207 e. The van der Waals surface area contributed by atoms with E-state index >= 15 is 0 Å². The molecule has 2 aromatic rings. The van der Waals surface area contributed by atoms with Gasteiger partial charge < -0.3 is 9.80 Å². The molecule has 1 fully saturated rings. The third-order valence-electron chi connectivity index (χ3n) is 5.24. The zero-order valence-corrected chi connectivity index (χ0v) is 18.7. The number of hydrogen-bond donors (Lipinski definition) is 0. The molecular formula is C24H29Cl2N3. The van der Waals surface area contributed by atoms with Crippen molar-refractivity contribution in [1.82, 2.24) is 4.90 Å². The zero-order chi connectivity index (χ0) is 20.8. The first-order valence-corrected chi connectivity index (χ1v) is 11.0. The van der Waals surface area contributed by atoms with Crippen LogP contribution in [-0.2, 0) is 0 Å². The summed E-state index contributed by atoms with van der Waals surface area (Å²) >= 11 is 13.1. The summed E-state index contributed by atoms with van der Waals surface area (Å²) in [7, 11) is 0. The molecule has 1 heterocycles. The van der Waals surface area contributed by atoms with Gasteiger partial charge in [-0.1, -0.05) is 73.8 Å². The highest BCUT2D eigenvalue weighted by Gasteiger charge is 2.33. The standard InChI is InChI=1S/C24H29Cl2N3/c1-4-6-15-28-17-18(3)16-19(5-2)29(23-14-10-8-12-21(23)26)24(28)27-22-13-9-7-11-20(22)25/h5,7-14,18-19H,2,4,6,15-17H2,1,3H3/t18-,19-/m1/s1. The summed E-state index contributed by atoms with van der Waals surface area (Å²) in [5, 5.41) is 1.35. The number of guanidine groups is 1. The van der Waals surface area contributed by atoms with E-state index < -0.39 is 0 Å². The Morgan fingerprint density at radius 2 is 1.79 bits per heavy atom. The van der Waals surface area contributed by atoms with E-state index in [1.54, 1.807) is 0 Å². The molecule has 154 valence electrons. The van der Waals surface area contributed by atoms with Crippen LogP contribution in [0.15, 0.2) is 66.2 Å². The van der Waals surface area contributed by atoms with E-state index in [4.69, 9.17) is 28.2 Å². The number of nitrogens with zero attached hydrogens (tertiary/aromatic N) is 3. The van der Waals surface area contributed by atoms with E-state index in [-0.39, 0.29) is 6.04 Å². The minimum absolute atomic E-state index is 0.0952. The number of halogens is 2. The molecule has 0 unspecified atom stereocenters. The highest BCUT2D eigenvalue weighted by atomic mass is 35.5. The van der Waals surface area contributed by atoms with E-state index in [9.17, 15) is 0 Å². The van der Waals surface area contributed by atoms with Crippen molar-refractivity contribution in [2.75, 3.05) is 18.0 Å². The van der Waals surface area contributed by atoms with Crippen LogP contribution in [0.3, 0.4) is 0 Å². The minimum atomic E-state index is 0.0952. The first-order valence-electron chi connectivity index (χ1n) is 10.3. The van der Waals surface area contributed by atoms with E-state index in [0.29, 0.717) is 16.0 Å². The number of anilines is 1. The number of para-hydroxylation sites is 2. The maximum atomic E-state index is 6.65. The number of hydrogen-bond acceptors (Lipinski definition) is 1. The lowest BCUT2D eigenvalue weighted by Gasteiger charge is -2.35.